The van der Waals surface area contributed by atoms with Gasteiger partial charge in [0.2, 0.25) is 0 Å². The highest BCUT2D eigenvalue weighted by atomic mass is 32.2. The summed E-state index contributed by atoms with van der Waals surface area (Å²) < 4.78 is 43.7. The number of nitrogens with one attached hydrogen (secondary N) is 2. The molecule has 8 nitrogen and oxygen atoms in total. The summed E-state index contributed by atoms with van der Waals surface area (Å²) in [6.07, 6.45) is 0. The van der Waals surface area contributed by atoms with E-state index in [4.69, 9.17) is 14.2 Å². The van der Waals surface area contributed by atoms with Crippen LogP contribution in [0.2, 0.25) is 0 Å². The molecule has 0 aromatic heterocycles. The molecule has 2 N–H and O–H groups in total. The Kier molecular flexibility index (Phi) is 7.44. The lowest BCUT2D eigenvalue weighted by Gasteiger charge is -2.17. The van der Waals surface area contributed by atoms with Crippen molar-refractivity contribution in [2.45, 2.75) is 17.9 Å². The molecule has 1 amide bonds. The van der Waals surface area contributed by atoms with Gasteiger partial charge >= 0.3 is 0 Å². The minimum Gasteiger partial charge on any atom is -0.495 e. The van der Waals surface area contributed by atoms with Crippen LogP contribution in [0.5, 0.6) is 17.2 Å². The molecule has 3 rings (SSSR count). The highest BCUT2D eigenvalue weighted by molar-refractivity contribution is 7.92. The van der Waals surface area contributed by atoms with Crippen molar-refractivity contribution in [3.63, 3.8) is 0 Å². The maximum Gasteiger partial charge on any atom is 0.262 e. The molecule has 0 saturated carbocycles. The molecule has 1 atom stereocenters. The summed E-state index contributed by atoms with van der Waals surface area (Å²) in [5.74, 6) is 1.23. The van der Waals surface area contributed by atoms with Gasteiger partial charge in [-0.2, -0.15) is 0 Å². The molecule has 0 saturated heterocycles. The molecule has 0 bridgehead atoms. The van der Waals surface area contributed by atoms with Crippen LogP contribution < -0.4 is 24.2 Å². The molecule has 0 spiro atoms. The molecule has 0 aliphatic rings. The Labute approximate surface area is 193 Å². The summed E-state index contributed by atoms with van der Waals surface area (Å²) in [7, 11) is 0.705. The van der Waals surface area contributed by atoms with Gasteiger partial charge in [-0.25, -0.2) is 8.42 Å². The smallest absolute Gasteiger partial charge is 0.262 e. The average Bonchev–Trinajstić information content (AvgIpc) is 2.83. The van der Waals surface area contributed by atoms with Gasteiger partial charge in [0.15, 0.2) is 11.5 Å². The van der Waals surface area contributed by atoms with E-state index in [1.807, 2.05) is 13.0 Å². The molecule has 0 radical (unpaired) electrons. The maximum absolute atomic E-state index is 12.7. The van der Waals surface area contributed by atoms with E-state index >= 15 is 0 Å². The van der Waals surface area contributed by atoms with Crippen LogP contribution in [-0.4, -0.2) is 35.7 Å². The number of methoxy groups -OCH3 is 3. The molecular formula is C24H26N2O6S. The number of carbonyl (C=O) groups is 1. The summed E-state index contributed by atoms with van der Waals surface area (Å²) in [5, 5.41) is 2.90. The van der Waals surface area contributed by atoms with Gasteiger partial charge in [-0.3, -0.25) is 9.52 Å². The Morgan fingerprint density at radius 1 is 0.818 bits per heavy atom. The fourth-order valence-electron chi connectivity index (χ4n) is 3.20. The van der Waals surface area contributed by atoms with Crippen LogP contribution in [0.15, 0.2) is 71.6 Å². The van der Waals surface area contributed by atoms with Crippen molar-refractivity contribution in [2.24, 2.45) is 0 Å². The topological polar surface area (TPSA) is 103 Å². The van der Waals surface area contributed by atoms with Gasteiger partial charge in [0.1, 0.15) is 5.75 Å². The number of carbonyl (C=O) groups excluding carboxylic acids is 1. The van der Waals surface area contributed by atoms with Crippen molar-refractivity contribution < 1.29 is 27.4 Å². The lowest BCUT2D eigenvalue weighted by atomic mass is 10.1. The molecule has 0 fully saturated rings. The summed E-state index contributed by atoms with van der Waals surface area (Å²) in [6.45, 7) is 1.84. The monoisotopic (exact) mass is 470 g/mol. The Hall–Kier alpha value is -3.72. The Bertz CT molecular complexity index is 1230. The molecule has 3 aromatic carbocycles. The van der Waals surface area contributed by atoms with Crippen molar-refractivity contribution in [1.82, 2.24) is 5.32 Å². The highest BCUT2D eigenvalue weighted by Gasteiger charge is 2.18. The van der Waals surface area contributed by atoms with Gasteiger partial charge in [-0.15, -0.1) is 0 Å². The fraction of sp³-hybridized carbons (Fsp3) is 0.208. The van der Waals surface area contributed by atoms with E-state index in [0.29, 0.717) is 28.5 Å². The third-order valence-corrected chi connectivity index (χ3v) is 6.41. The highest BCUT2D eigenvalue weighted by Crippen LogP contribution is 2.30. The number of para-hydroxylation sites is 2. The fourth-order valence-corrected chi connectivity index (χ4v) is 4.27. The van der Waals surface area contributed by atoms with Crippen LogP contribution in [0.25, 0.3) is 0 Å². The number of hydrogen-bond donors (Lipinski definition) is 2. The van der Waals surface area contributed by atoms with E-state index in [1.54, 1.807) is 50.6 Å². The first-order valence-electron chi connectivity index (χ1n) is 10.1. The van der Waals surface area contributed by atoms with E-state index in [1.165, 1.54) is 31.4 Å². The molecule has 0 aliphatic heterocycles. The zero-order chi connectivity index (χ0) is 24.0. The van der Waals surface area contributed by atoms with Crippen molar-refractivity contribution in [3.05, 3.63) is 77.9 Å². The molecule has 0 heterocycles. The second kappa shape index (κ2) is 10.3. The van der Waals surface area contributed by atoms with E-state index in [-0.39, 0.29) is 16.8 Å². The van der Waals surface area contributed by atoms with Crippen molar-refractivity contribution in [1.29, 1.82) is 0 Å². The van der Waals surface area contributed by atoms with Crippen molar-refractivity contribution in [2.75, 3.05) is 26.1 Å². The third-order valence-electron chi connectivity index (χ3n) is 5.03. The van der Waals surface area contributed by atoms with Gasteiger partial charge in [-0.05, 0) is 61.0 Å². The zero-order valence-corrected chi connectivity index (χ0v) is 19.6. The first-order chi connectivity index (χ1) is 15.8. The molecule has 9 heteroatoms. The second-order valence-electron chi connectivity index (χ2n) is 7.14. The van der Waals surface area contributed by atoms with Gasteiger partial charge < -0.3 is 19.5 Å². The summed E-state index contributed by atoms with van der Waals surface area (Å²) in [5.41, 5.74) is 1.49. The van der Waals surface area contributed by atoms with Crippen molar-refractivity contribution >= 4 is 21.6 Å². The minimum absolute atomic E-state index is 0.0258. The van der Waals surface area contributed by atoms with Crippen molar-refractivity contribution in [3.8, 4) is 17.2 Å². The number of ether oxygens (including phenoxy) is 3. The Morgan fingerprint density at radius 3 is 2.09 bits per heavy atom. The zero-order valence-electron chi connectivity index (χ0n) is 18.8. The van der Waals surface area contributed by atoms with Gasteiger partial charge in [-0.1, -0.05) is 18.2 Å². The lowest BCUT2D eigenvalue weighted by molar-refractivity contribution is 0.0939. The number of amides is 1. The van der Waals surface area contributed by atoms with E-state index in [2.05, 4.69) is 10.0 Å². The first-order valence-corrected chi connectivity index (χ1v) is 11.6. The SMILES string of the molecule is COc1ccccc1NS(=O)(=O)c1ccc(C(=O)NC(C)c2ccc(OC)c(OC)c2)cc1. The van der Waals surface area contributed by atoms with Crippen LogP contribution in [0, 0.1) is 0 Å². The average molecular weight is 471 g/mol. The third kappa shape index (κ3) is 5.56. The van der Waals surface area contributed by atoms with Crippen LogP contribution in [0.1, 0.15) is 28.9 Å². The predicted molar refractivity (Wildman–Crippen MR) is 126 cm³/mol. The largest absolute Gasteiger partial charge is 0.495 e. The van der Waals surface area contributed by atoms with Gasteiger partial charge in [0.25, 0.3) is 15.9 Å². The molecule has 1 unspecified atom stereocenters. The number of anilines is 1. The summed E-state index contributed by atoms with van der Waals surface area (Å²) >= 11 is 0. The Balaban J connectivity index is 1.72. The Morgan fingerprint density at radius 2 is 1.45 bits per heavy atom. The molecule has 3 aromatic rings. The van der Waals surface area contributed by atoms with Crippen LogP contribution in [0.4, 0.5) is 5.69 Å². The predicted octanol–water partition coefficient (Wildman–Crippen LogP) is 4.00. The van der Waals surface area contributed by atoms with Gasteiger partial charge in [0.05, 0.1) is 38.0 Å². The second-order valence-corrected chi connectivity index (χ2v) is 8.82. The standard InChI is InChI=1S/C24H26N2O6S/c1-16(18-11-14-22(31-3)23(15-18)32-4)25-24(27)17-9-12-19(13-10-17)33(28,29)26-20-7-5-6-8-21(20)30-2/h5-16,26H,1-4H3,(H,25,27). The maximum atomic E-state index is 12.7. The van der Waals surface area contributed by atoms with E-state index < -0.39 is 10.0 Å². The minimum atomic E-state index is -3.86. The van der Waals surface area contributed by atoms with Crippen LogP contribution >= 0.6 is 0 Å². The number of benzene rings is 3. The number of hydrogen-bond acceptors (Lipinski definition) is 6. The molecule has 33 heavy (non-hydrogen) atoms. The normalized spacial score (nSPS) is 11.9. The molecular weight excluding hydrogens is 444 g/mol. The summed E-state index contributed by atoms with van der Waals surface area (Å²) in [4.78, 5) is 12.7. The molecule has 174 valence electrons. The van der Waals surface area contributed by atoms with E-state index in [9.17, 15) is 13.2 Å². The van der Waals surface area contributed by atoms with E-state index in [0.717, 1.165) is 5.56 Å². The molecule has 0 aliphatic carbocycles. The number of sulfonamides is 1. The van der Waals surface area contributed by atoms with Gasteiger partial charge in [0, 0.05) is 5.56 Å². The van der Waals surface area contributed by atoms with Crippen LogP contribution in [-0.2, 0) is 10.0 Å². The number of rotatable bonds is 9. The quantitative estimate of drug-likeness (QED) is 0.490. The van der Waals surface area contributed by atoms with Crippen LogP contribution in [0.3, 0.4) is 0 Å². The lowest BCUT2D eigenvalue weighted by Crippen LogP contribution is -2.26. The first kappa shape index (κ1) is 23.9. The summed E-state index contributed by atoms with van der Waals surface area (Å²) in [6, 6.07) is 17.5.